The van der Waals surface area contributed by atoms with E-state index in [0.29, 0.717) is 5.56 Å². The van der Waals surface area contributed by atoms with Crippen molar-refractivity contribution in [3.63, 3.8) is 0 Å². The third-order valence-corrected chi connectivity index (χ3v) is 7.39. The van der Waals surface area contributed by atoms with Crippen LogP contribution in [0.4, 0.5) is 0 Å². The van der Waals surface area contributed by atoms with E-state index in [0.717, 1.165) is 12.1 Å². The van der Waals surface area contributed by atoms with Crippen molar-refractivity contribution in [1.29, 1.82) is 0 Å². The Kier molecular flexibility index (Phi) is 11.3. The van der Waals surface area contributed by atoms with E-state index in [1.165, 1.54) is 26.4 Å². The van der Waals surface area contributed by atoms with Crippen molar-refractivity contribution in [1.82, 2.24) is 0 Å². The van der Waals surface area contributed by atoms with E-state index in [2.05, 4.69) is 0 Å². The first-order valence-corrected chi connectivity index (χ1v) is 13.8. The zero-order chi connectivity index (χ0) is 33.9. The smallest absolute Gasteiger partial charge is 0.338 e. The Bertz CT molecular complexity index is 1300. The molecule has 2 aliphatic heterocycles. The van der Waals surface area contributed by atoms with Gasteiger partial charge in [0.2, 0.25) is 12.0 Å². The largest absolute Gasteiger partial charge is 0.504 e. The number of carbonyl (C=O) groups is 1. The first kappa shape index (κ1) is 35.2. The van der Waals surface area contributed by atoms with Gasteiger partial charge in [0.1, 0.15) is 55.4 Å². The Labute approximate surface area is 260 Å². The lowest BCUT2D eigenvalue weighted by Gasteiger charge is -2.45. The number of phenolic OH excluding ortho intramolecular Hbond substituents is 3. The van der Waals surface area contributed by atoms with Crippen LogP contribution in [0.2, 0.25) is 0 Å². The maximum Gasteiger partial charge on any atom is 0.338 e. The second-order valence-electron chi connectivity index (χ2n) is 10.4. The summed E-state index contributed by atoms with van der Waals surface area (Å²) >= 11 is 0. The summed E-state index contributed by atoms with van der Waals surface area (Å²) in [7, 11) is 2.53. The van der Waals surface area contributed by atoms with Gasteiger partial charge in [-0.1, -0.05) is 0 Å². The van der Waals surface area contributed by atoms with E-state index in [1.807, 2.05) is 0 Å². The van der Waals surface area contributed by atoms with Crippen molar-refractivity contribution in [2.75, 3.05) is 27.4 Å². The second kappa shape index (κ2) is 14.8. The third kappa shape index (κ3) is 7.15. The van der Waals surface area contributed by atoms with Crippen molar-refractivity contribution in [2.24, 2.45) is 0 Å². The Morgan fingerprint density at radius 1 is 0.739 bits per heavy atom. The molecule has 10 unspecified atom stereocenters. The molecule has 10 atom stereocenters. The van der Waals surface area contributed by atoms with Gasteiger partial charge in [0.05, 0.1) is 33.0 Å². The van der Waals surface area contributed by atoms with Gasteiger partial charge in [-0.2, -0.15) is 0 Å². The summed E-state index contributed by atoms with van der Waals surface area (Å²) < 4.78 is 38.3. The van der Waals surface area contributed by atoms with Crippen molar-refractivity contribution >= 4 is 5.97 Å². The van der Waals surface area contributed by atoms with E-state index in [1.54, 1.807) is 0 Å². The standard InChI is InChI=1S/C28H36O18/c1-40-14-3-10(9-42-26(39)11-5-12(31)18(33)13(32)6-11)4-15(41-2)24(14)45-28-23(38)25(20(35)17(8-30)44-28)46-27-22(37)21(36)19(34)16(7-29)43-27/h3-6,16-17,19-23,25,27-38H,7-9H2,1-2H3. The van der Waals surface area contributed by atoms with Crippen LogP contribution in [0.15, 0.2) is 24.3 Å². The lowest BCUT2D eigenvalue weighted by Crippen LogP contribution is -2.65. The summed E-state index contributed by atoms with van der Waals surface area (Å²) in [6.07, 6.45) is -16.8. The average molecular weight is 661 g/mol. The number of aliphatic hydroxyl groups is 7. The number of benzene rings is 2. The fourth-order valence-electron chi connectivity index (χ4n) is 4.85. The molecule has 10 N–H and O–H groups in total. The molecular formula is C28H36O18. The number of rotatable bonds is 11. The highest BCUT2D eigenvalue weighted by Crippen LogP contribution is 2.41. The molecule has 2 saturated heterocycles. The number of phenols is 3. The van der Waals surface area contributed by atoms with E-state index in [9.17, 15) is 55.9 Å². The SMILES string of the molecule is COc1cc(COC(=O)c2cc(O)c(O)c(O)c2)cc(OC)c1OC1OC(CO)C(O)C(OC2OC(CO)C(O)C(O)C2O)C1O. The molecular weight excluding hydrogens is 624 g/mol. The van der Waals surface area contributed by atoms with Crippen LogP contribution in [-0.2, 0) is 25.6 Å². The van der Waals surface area contributed by atoms with Crippen molar-refractivity contribution in [3.05, 3.63) is 35.4 Å². The highest BCUT2D eigenvalue weighted by Gasteiger charge is 2.51. The molecule has 2 aromatic carbocycles. The minimum atomic E-state index is -1.86. The Hall–Kier alpha value is -3.69. The molecule has 0 bridgehead atoms. The molecule has 4 rings (SSSR count). The predicted molar refractivity (Wildman–Crippen MR) is 147 cm³/mol. The minimum Gasteiger partial charge on any atom is -0.504 e. The summed E-state index contributed by atoms with van der Waals surface area (Å²) in [5, 5.41) is 100. The predicted octanol–water partition coefficient (Wildman–Crippen LogP) is -2.82. The van der Waals surface area contributed by atoms with Gasteiger partial charge in [-0.3, -0.25) is 0 Å². The fraction of sp³-hybridized carbons (Fsp3) is 0.536. The maximum absolute atomic E-state index is 12.5. The van der Waals surface area contributed by atoms with Gasteiger partial charge in [0.25, 0.3) is 0 Å². The summed E-state index contributed by atoms with van der Waals surface area (Å²) in [5.74, 6) is -3.40. The van der Waals surface area contributed by atoms with Crippen LogP contribution >= 0.6 is 0 Å². The molecule has 2 aliphatic rings. The monoisotopic (exact) mass is 660 g/mol. The first-order valence-electron chi connectivity index (χ1n) is 13.8. The summed E-state index contributed by atoms with van der Waals surface area (Å²) in [6, 6.07) is 4.56. The highest BCUT2D eigenvalue weighted by molar-refractivity contribution is 5.91. The van der Waals surface area contributed by atoms with Crippen molar-refractivity contribution in [2.45, 2.75) is 68.0 Å². The van der Waals surface area contributed by atoms with Crippen LogP contribution in [0.25, 0.3) is 0 Å². The van der Waals surface area contributed by atoms with E-state index >= 15 is 0 Å². The lowest BCUT2D eigenvalue weighted by atomic mass is 9.97. The van der Waals surface area contributed by atoms with Gasteiger partial charge in [0.15, 0.2) is 35.0 Å². The summed E-state index contributed by atoms with van der Waals surface area (Å²) in [4.78, 5) is 12.5. The van der Waals surface area contributed by atoms with Gasteiger partial charge in [-0.05, 0) is 29.8 Å². The van der Waals surface area contributed by atoms with Crippen molar-refractivity contribution in [3.8, 4) is 34.5 Å². The third-order valence-electron chi connectivity index (χ3n) is 7.39. The van der Waals surface area contributed by atoms with Gasteiger partial charge < -0.3 is 84.2 Å². The molecule has 0 radical (unpaired) electrons. The summed E-state index contributed by atoms with van der Waals surface area (Å²) in [6.45, 7) is -1.91. The number of carbonyl (C=O) groups excluding carboxylic acids is 1. The molecule has 0 spiro atoms. The van der Waals surface area contributed by atoms with E-state index in [4.69, 9.17) is 33.2 Å². The number of methoxy groups -OCH3 is 2. The number of hydrogen-bond acceptors (Lipinski definition) is 18. The molecule has 256 valence electrons. The molecule has 2 heterocycles. The molecule has 46 heavy (non-hydrogen) atoms. The molecule has 18 nitrogen and oxygen atoms in total. The van der Waals surface area contributed by atoms with Crippen LogP contribution in [0, 0.1) is 0 Å². The average Bonchev–Trinajstić information content (AvgIpc) is 3.05. The van der Waals surface area contributed by atoms with Crippen LogP contribution in [0.3, 0.4) is 0 Å². The quantitative estimate of drug-likeness (QED) is 0.0859. The molecule has 0 amide bonds. The van der Waals surface area contributed by atoms with Crippen LogP contribution < -0.4 is 14.2 Å². The second-order valence-corrected chi connectivity index (χ2v) is 10.4. The van der Waals surface area contributed by atoms with Gasteiger partial charge in [-0.15, -0.1) is 0 Å². The van der Waals surface area contributed by atoms with E-state index in [-0.39, 0.29) is 29.4 Å². The van der Waals surface area contributed by atoms with Crippen LogP contribution in [-0.4, -0.2) is 146 Å². The molecule has 2 aromatic rings. The van der Waals surface area contributed by atoms with Gasteiger partial charge in [0, 0.05) is 0 Å². The Morgan fingerprint density at radius 3 is 1.83 bits per heavy atom. The molecule has 0 saturated carbocycles. The Morgan fingerprint density at radius 2 is 1.28 bits per heavy atom. The van der Waals surface area contributed by atoms with Crippen molar-refractivity contribution < 1.29 is 89.0 Å². The zero-order valence-electron chi connectivity index (χ0n) is 24.4. The number of ether oxygens (including phenoxy) is 7. The number of hydrogen-bond donors (Lipinski definition) is 10. The van der Waals surface area contributed by atoms with E-state index < -0.39 is 97.8 Å². The molecule has 2 fully saturated rings. The van der Waals surface area contributed by atoms with Gasteiger partial charge >= 0.3 is 5.97 Å². The molecule has 18 heteroatoms. The lowest BCUT2D eigenvalue weighted by molar-refractivity contribution is -0.353. The maximum atomic E-state index is 12.5. The van der Waals surface area contributed by atoms with Crippen LogP contribution in [0.5, 0.6) is 34.5 Å². The fourth-order valence-corrected chi connectivity index (χ4v) is 4.85. The minimum absolute atomic E-state index is 0.0146. The first-order chi connectivity index (χ1) is 21.8. The molecule has 0 aromatic heterocycles. The normalized spacial score (nSPS) is 31.2. The van der Waals surface area contributed by atoms with Gasteiger partial charge in [-0.25, -0.2) is 4.79 Å². The topological polar surface area (TPSA) is 284 Å². The zero-order valence-corrected chi connectivity index (χ0v) is 24.4. The highest BCUT2D eigenvalue weighted by atomic mass is 16.7. The Balaban J connectivity index is 1.53. The number of aromatic hydroxyl groups is 3. The number of esters is 1. The summed E-state index contributed by atoms with van der Waals surface area (Å²) in [5.41, 5.74) is 0.0513. The molecule has 0 aliphatic carbocycles. The number of aliphatic hydroxyl groups excluding tert-OH is 7. The van der Waals surface area contributed by atoms with Crippen LogP contribution in [0.1, 0.15) is 15.9 Å².